The number of nitrogens with zero attached hydrogens (tertiary/aromatic N) is 4. The lowest BCUT2D eigenvalue weighted by Gasteiger charge is -2.39. The summed E-state index contributed by atoms with van der Waals surface area (Å²) in [6, 6.07) is 8.44. The molecule has 3 aliphatic rings. The van der Waals surface area contributed by atoms with E-state index in [2.05, 4.69) is 27.3 Å². The number of hydrogen-bond acceptors (Lipinski definition) is 6. The average Bonchev–Trinajstić information content (AvgIpc) is 3.33. The summed E-state index contributed by atoms with van der Waals surface area (Å²) in [4.78, 5) is 35.5. The van der Waals surface area contributed by atoms with Gasteiger partial charge in [-0.2, -0.15) is 0 Å². The molecule has 3 heterocycles. The predicted octanol–water partition coefficient (Wildman–Crippen LogP) is 2.19. The minimum atomic E-state index is -0.484. The van der Waals surface area contributed by atoms with Crippen molar-refractivity contribution in [3.63, 3.8) is 0 Å². The fraction of sp³-hybridized carbons (Fsp3) is 0.609. The Morgan fingerprint density at radius 2 is 1.84 bits per heavy atom. The molecule has 1 atom stereocenters. The predicted molar refractivity (Wildman–Crippen MR) is 119 cm³/mol. The summed E-state index contributed by atoms with van der Waals surface area (Å²) in [7, 11) is 0. The van der Waals surface area contributed by atoms with Gasteiger partial charge in [-0.15, -0.1) is 0 Å². The van der Waals surface area contributed by atoms with Crippen LogP contribution in [0.2, 0.25) is 0 Å². The van der Waals surface area contributed by atoms with Gasteiger partial charge in [0.25, 0.3) is 0 Å². The molecule has 0 saturated carbocycles. The Morgan fingerprint density at radius 1 is 1.13 bits per heavy atom. The normalized spacial score (nSPS) is 20.3. The Kier molecular flexibility index (Phi) is 6.07. The Balaban J connectivity index is 1.17. The molecule has 8 nitrogen and oxygen atoms in total. The Hall–Kier alpha value is -2.77. The number of carbonyl (C=O) groups excluding carboxylic acids is 2. The fourth-order valence-electron chi connectivity index (χ4n) is 4.33. The molecule has 0 radical (unpaired) electrons. The van der Waals surface area contributed by atoms with Crippen LogP contribution in [0.1, 0.15) is 44.7 Å². The minimum absolute atomic E-state index is 0.188. The summed E-state index contributed by atoms with van der Waals surface area (Å²) < 4.78 is 5.50. The number of ether oxygens (including phenoxy) is 1. The first-order valence-electron chi connectivity index (χ1n) is 11.2. The summed E-state index contributed by atoms with van der Waals surface area (Å²) in [6.07, 6.45) is 1.05. The van der Waals surface area contributed by atoms with Gasteiger partial charge < -0.3 is 24.8 Å². The molecule has 4 rings (SSSR count). The number of benzene rings is 1. The van der Waals surface area contributed by atoms with Gasteiger partial charge in [-0.1, -0.05) is 24.3 Å². The lowest BCUT2D eigenvalue weighted by atomic mass is 10.1. The molecule has 1 fully saturated rings. The standard InChI is InChI=1S/C23H33N5O3/c1-23(2,3)31-22(30)26-11-12-28-19(16-26)13-25-21(28)24-10-6-9-20(29)27-14-17-7-4-5-8-18(17)15-27/h4-5,7-8,19H,6,9-16H2,1-3H3,(H,24,25). The van der Waals surface area contributed by atoms with Crippen molar-refractivity contribution < 1.29 is 14.3 Å². The van der Waals surface area contributed by atoms with E-state index in [1.807, 2.05) is 37.8 Å². The van der Waals surface area contributed by atoms with Crippen molar-refractivity contribution in [3.8, 4) is 0 Å². The van der Waals surface area contributed by atoms with E-state index in [9.17, 15) is 9.59 Å². The smallest absolute Gasteiger partial charge is 0.410 e. The summed E-state index contributed by atoms with van der Waals surface area (Å²) in [5, 5.41) is 3.40. The van der Waals surface area contributed by atoms with Crippen molar-refractivity contribution in [1.82, 2.24) is 20.0 Å². The Morgan fingerprint density at radius 3 is 2.52 bits per heavy atom. The number of carbonyl (C=O) groups is 2. The Labute approximate surface area is 184 Å². The highest BCUT2D eigenvalue weighted by molar-refractivity contribution is 5.82. The number of guanidine groups is 1. The van der Waals surface area contributed by atoms with Crippen LogP contribution in [-0.2, 0) is 22.6 Å². The van der Waals surface area contributed by atoms with Gasteiger partial charge in [-0.05, 0) is 38.3 Å². The third-order valence-corrected chi connectivity index (χ3v) is 5.90. The van der Waals surface area contributed by atoms with E-state index < -0.39 is 5.60 Å². The van der Waals surface area contributed by atoms with Gasteiger partial charge in [-0.25, -0.2) is 4.79 Å². The maximum atomic E-state index is 12.5. The van der Waals surface area contributed by atoms with Crippen LogP contribution < -0.4 is 5.32 Å². The second-order valence-corrected chi connectivity index (χ2v) is 9.49. The summed E-state index contributed by atoms with van der Waals surface area (Å²) in [5.74, 6) is 1.09. The quantitative estimate of drug-likeness (QED) is 0.746. The highest BCUT2D eigenvalue weighted by Gasteiger charge is 2.36. The fourth-order valence-corrected chi connectivity index (χ4v) is 4.33. The third-order valence-electron chi connectivity index (χ3n) is 5.90. The number of rotatable bonds is 4. The van der Waals surface area contributed by atoms with Crippen molar-refractivity contribution in [2.24, 2.45) is 4.99 Å². The first-order valence-corrected chi connectivity index (χ1v) is 11.2. The number of aliphatic imine (C=N–C) groups is 1. The van der Waals surface area contributed by atoms with E-state index >= 15 is 0 Å². The molecule has 1 unspecified atom stereocenters. The molecule has 1 saturated heterocycles. The molecule has 2 amide bonds. The SMILES string of the molecule is CC(C)(C)OC(=O)N1CCN2C(NCCCC(=O)N3Cc4ccccc4C3)=NCC2C1. The highest BCUT2D eigenvalue weighted by atomic mass is 16.6. The monoisotopic (exact) mass is 427 g/mol. The number of amides is 2. The van der Waals surface area contributed by atoms with E-state index in [4.69, 9.17) is 4.74 Å². The topological polar surface area (TPSA) is 77.5 Å². The first kappa shape index (κ1) is 21.5. The maximum Gasteiger partial charge on any atom is 0.410 e. The van der Waals surface area contributed by atoms with Crippen molar-refractivity contribution in [1.29, 1.82) is 0 Å². The summed E-state index contributed by atoms with van der Waals surface area (Å²) in [6.45, 7) is 10.5. The molecule has 0 aliphatic carbocycles. The molecule has 1 aromatic rings. The van der Waals surface area contributed by atoms with Crippen LogP contribution in [0.4, 0.5) is 4.79 Å². The van der Waals surface area contributed by atoms with Crippen LogP contribution >= 0.6 is 0 Å². The highest BCUT2D eigenvalue weighted by Crippen LogP contribution is 2.23. The van der Waals surface area contributed by atoms with Crippen LogP contribution in [0.15, 0.2) is 29.3 Å². The van der Waals surface area contributed by atoms with Gasteiger partial charge in [0, 0.05) is 45.7 Å². The lowest BCUT2D eigenvalue weighted by Crippen LogP contribution is -2.57. The minimum Gasteiger partial charge on any atom is -0.444 e. The largest absolute Gasteiger partial charge is 0.444 e. The maximum absolute atomic E-state index is 12.5. The molecule has 0 aromatic heterocycles. The van der Waals surface area contributed by atoms with E-state index in [0.29, 0.717) is 32.6 Å². The molecule has 1 N–H and O–H groups in total. The van der Waals surface area contributed by atoms with Crippen LogP contribution in [0.3, 0.4) is 0 Å². The Bertz CT molecular complexity index is 838. The molecule has 0 spiro atoms. The second-order valence-electron chi connectivity index (χ2n) is 9.49. The van der Waals surface area contributed by atoms with Gasteiger partial charge in [0.15, 0.2) is 5.96 Å². The van der Waals surface area contributed by atoms with Gasteiger partial charge in [0.2, 0.25) is 5.91 Å². The van der Waals surface area contributed by atoms with Gasteiger partial charge in [0.1, 0.15) is 5.60 Å². The van der Waals surface area contributed by atoms with Crippen molar-refractivity contribution in [3.05, 3.63) is 35.4 Å². The van der Waals surface area contributed by atoms with Gasteiger partial charge in [0.05, 0.1) is 12.6 Å². The van der Waals surface area contributed by atoms with Crippen LogP contribution in [0, 0.1) is 0 Å². The molecule has 1 aromatic carbocycles. The van der Waals surface area contributed by atoms with E-state index in [0.717, 1.165) is 32.0 Å². The number of hydrogen-bond donors (Lipinski definition) is 1. The number of nitrogens with one attached hydrogen (secondary N) is 1. The van der Waals surface area contributed by atoms with Crippen molar-refractivity contribution in [2.45, 2.75) is 58.3 Å². The van der Waals surface area contributed by atoms with Crippen molar-refractivity contribution in [2.75, 3.05) is 32.7 Å². The van der Waals surface area contributed by atoms with Gasteiger partial charge in [-0.3, -0.25) is 9.79 Å². The molecule has 168 valence electrons. The number of fused-ring (bicyclic) bond motifs is 2. The first-order chi connectivity index (χ1) is 14.8. The van der Waals surface area contributed by atoms with Crippen LogP contribution in [0.5, 0.6) is 0 Å². The van der Waals surface area contributed by atoms with Gasteiger partial charge >= 0.3 is 6.09 Å². The summed E-state index contributed by atoms with van der Waals surface area (Å²) in [5.41, 5.74) is 2.03. The lowest BCUT2D eigenvalue weighted by molar-refractivity contribution is -0.131. The zero-order chi connectivity index (χ0) is 22.0. The molecular weight excluding hydrogens is 394 g/mol. The average molecular weight is 428 g/mol. The third kappa shape index (κ3) is 5.11. The summed E-state index contributed by atoms with van der Waals surface area (Å²) >= 11 is 0. The van der Waals surface area contributed by atoms with Crippen molar-refractivity contribution >= 4 is 18.0 Å². The number of piperazine rings is 1. The molecule has 3 aliphatic heterocycles. The van der Waals surface area contributed by atoms with Crippen LogP contribution in [-0.4, -0.2) is 77.0 Å². The molecular formula is C23H33N5O3. The molecule has 0 bridgehead atoms. The molecule has 31 heavy (non-hydrogen) atoms. The van der Waals surface area contributed by atoms with E-state index in [1.165, 1.54) is 11.1 Å². The van der Waals surface area contributed by atoms with E-state index in [1.54, 1.807) is 4.90 Å². The second kappa shape index (κ2) is 8.77. The molecule has 8 heteroatoms. The van der Waals surface area contributed by atoms with E-state index in [-0.39, 0.29) is 18.0 Å². The van der Waals surface area contributed by atoms with Crippen LogP contribution in [0.25, 0.3) is 0 Å². The zero-order valence-electron chi connectivity index (χ0n) is 18.8. The zero-order valence-corrected chi connectivity index (χ0v) is 18.8.